The molecule has 1 aromatic heterocycles. The van der Waals surface area contributed by atoms with E-state index in [2.05, 4.69) is 0 Å². The van der Waals surface area contributed by atoms with Gasteiger partial charge in [-0.1, -0.05) is 24.3 Å². The van der Waals surface area contributed by atoms with Gasteiger partial charge < -0.3 is 5.73 Å². The molecule has 0 amide bonds. The van der Waals surface area contributed by atoms with Crippen LogP contribution in [0.3, 0.4) is 0 Å². The summed E-state index contributed by atoms with van der Waals surface area (Å²) >= 11 is 1.46. The van der Waals surface area contributed by atoms with E-state index in [0.717, 1.165) is 15.5 Å². The molecule has 0 saturated carbocycles. The molecule has 78 valence electrons. The van der Waals surface area contributed by atoms with Gasteiger partial charge in [-0.25, -0.2) is 0 Å². The molecule has 0 spiro atoms. The molecule has 0 fully saturated rings. The Morgan fingerprint density at radius 1 is 1.00 bits per heavy atom. The molecular weight excluding hydrogens is 218 g/mol. The van der Waals surface area contributed by atoms with E-state index < -0.39 is 0 Å². The van der Waals surface area contributed by atoms with E-state index in [1.807, 2.05) is 35.7 Å². The Balaban J connectivity index is 2.72. The Kier molecular flexibility index (Phi) is 1.94. The number of nitrogen functional groups attached to an aromatic ring is 1. The summed E-state index contributed by atoms with van der Waals surface area (Å²) in [5.41, 5.74) is 6.46. The minimum absolute atomic E-state index is 0.0306. The summed E-state index contributed by atoms with van der Waals surface area (Å²) in [5.74, 6) is 0. The molecule has 16 heavy (non-hydrogen) atoms. The Morgan fingerprint density at radius 3 is 2.69 bits per heavy atom. The third-order valence-corrected chi connectivity index (χ3v) is 3.63. The molecule has 0 radical (unpaired) electrons. The first kappa shape index (κ1) is 9.36. The van der Waals surface area contributed by atoms with Gasteiger partial charge >= 0.3 is 0 Å². The van der Waals surface area contributed by atoms with Crippen LogP contribution in [0.15, 0.2) is 46.6 Å². The second-order valence-electron chi connectivity index (χ2n) is 3.68. The number of anilines is 1. The molecule has 0 aliphatic carbocycles. The van der Waals surface area contributed by atoms with Gasteiger partial charge in [-0.2, -0.15) is 0 Å². The van der Waals surface area contributed by atoms with Gasteiger partial charge in [0.2, 0.25) is 5.43 Å². The van der Waals surface area contributed by atoms with Crippen molar-refractivity contribution in [2.45, 2.75) is 0 Å². The van der Waals surface area contributed by atoms with Crippen molar-refractivity contribution in [2.24, 2.45) is 0 Å². The Hall–Kier alpha value is -1.87. The Bertz CT molecular complexity index is 746. The minimum atomic E-state index is 0.0306. The van der Waals surface area contributed by atoms with E-state index in [4.69, 9.17) is 5.73 Å². The van der Waals surface area contributed by atoms with Crippen LogP contribution in [-0.2, 0) is 0 Å². The van der Waals surface area contributed by atoms with E-state index >= 15 is 0 Å². The van der Waals surface area contributed by atoms with Crippen LogP contribution in [-0.4, -0.2) is 0 Å². The molecule has 0 bridgehead atoms. The minimum Gasteiger partial charge on any atom is -0.398 e. The predicted molar refractivity (Wildman–Crippen MR) is 70.0 cm³/mol. The zero-order valence-electron chi connectivity index (χ0n) is 8.44. The maximum Gasteiger partial charge on any atom is 0.206 e. The lowest BCUT2D eigenvalue weighted by Gasteiger charge is -1.95. The van der Waals surface area contributed by atoms with Crippen molar-refractivity contribution in [2.75, 3.05) is 5.73 Å². The fourth-order valence-corrected chi connectivity index (χ4v) is 2.75. The molecule has 2 N–H and O–H groups in total. The van der Waals surface area contributed by atoms with Crippen LogP contribution < -0.4 is 11.2 Å². The first-order chi connectivity index (χ1) is 7.77. The molecule has 0 aliphatic rings. The molecule has 2 aromatic carbocycles. The van der Waals surface area contributed by atoms with Gasteiger partial charge in [-0.05, 0) is 28.3 Å². The third-order valence-electron chi connectivity index (χ3n) is 2.70. The SMILES string of the molecule is Nc1cccc2ccc3ccsc3c(=O)c12. The molecule has 0 unspecified atom stereocenters. The lowest BCUT2D eigenvalue weighted by molar-refractivity contribution is 1.75. The monoisotopic (exact) mass is 227 g/mol. The van der Waals surface area contributed by atoms with Crippen LogP contribution in [0, 0.1) is 0 Å². The molecule has 3 aromatic rings. The second kappa shape index (κ2) is 3.32. The van der Waals surface area contributed by atoms with Gasteiger partial charge in [0.15, 0.2) is 0 Å². The average molecular weight is 227 g/mol. The highest BCUT2D eigenvalue weighted by atomic mass is 32.1. The summed E-state index contributed by atoms with van der Waals surface area (Å²) in [5, 5.41) is 4.43. The number of fused-ring (bicyclic) bond motifs is 2. The summed E-state index contributed by atoms with van der Waals surface area (Å²) < 4.78 is 0.771. The summed E-state index contributed by atoms with van der Waals surface area (Å²) in [4.78, 5) is 12.3. The van der Waals surface area contributed by atoms with Gasteiger partial charge in [-0.3, -0.25) is 4.79 Å². The van der Waals surface area contributed by atoms with Gasteiger partial charge in [0.05, 0.1) is 10.1 Å². The molecule has 3 heteroatoms. The zero-order chi connectivity index (χ0) is 11.1. The maximum atomic E-state index is 12.3. The van der Waals surface area contributed by atoms with Crippen molar-refractivity contribution in [1.82, 2.24) is 0 Å². The number of hydrogen-bond donors (Lipinski definition) is 1. The summed E-state index contributed by atoms with van der Waals surface area (Å²) in [6.45, 7) is 0. The van der Waals surface area contributed by atoms with Crippen LogP contribution in [0.1, 0.15) is 0 Å². The number of thiophene rings is 1. The van der Waals surface area contributed by atoms with Crippen molar-refractivity contribution in [3.05, 3.63) is 52.0 Å². The maximum absolute atomic E-state index is 12.3. The van der Waals surface area contributed by atoms with Gasteiger partial charge in [0.1, 0.15) is 0 Å². The van der Waals surface area contributed by atoms with E-state index in [0.29, 0.717) is 11.1 Å². The van der Waals surface area contributed by atoms with E-state index in [1.54, 1.807) is 6.07 Å². The summed E-state index contributed by atoms with van der Waals surface area (Å²) in [6, 6.07) is 11.4. The first-order valence-corrected chi connectivity index (χ1v) is 5.84. The van der Waals surface area contributed by atoms with Crippen LogP contribution in [0.5, 0.6) is 0 Å². The van der Waals surface area contributed by atoms with Crippen LogP contribution >= 0.6 is 11.3 Å². The van der Waals surface area contributed by atoms with Crippen molar-refractivity contribution in [3.8, 4) is 0 Å². The second-order valence-corrected chi connectivity index (χ2v) is 4.60. The summed E-state index contributed by atoms with van der Waals surface area (Å²) in [7, 11) is 0. The van der Waals surface area contributed by atoms with Crippen LogP contribution in [0.4, 0.5) is 5.69 Å². The fraction of sp³-hybridized carbons (Fsp3) is 0. The highest BCUT2D eigenvalue weighted by molar-refractivity contribution is 7.17. The largest absolute Gasteiger partial charge is 0.398 e. The van der Waals surface area contributed by atoms with Crippen molar-refractivity contribution in [3.63, 3.8) is 0 Å². The van der Waals surface area contributed by atoms with E-state index in [9.17, 15) is 4.79 Å². The predicted octanol–water partition coefficient (Wildman–Crippen LogP) is 3.00. The lowest BCUT2D eigenvalue weighted by atomic mass is 10.1. The van der Waals surface area contributed by atoms with Gasteiger partial charge in [0.25, 0.3) is 0 Å². The number of hydrogen-bond acceptors (Lipinski definition) is 3. The lowest BCUT2D eigenvalue weighted by Crippen LogP contribution is -2.00. The molecule has 0 saturated heterocycles. The topological polar surface area (TPSA) is 43.1 Å². The molecule has 2 nitrogen and oxygen atoms in total. The third kappa shape index (κ3) is 1.22. The smallest absolute Gasteiger partial charge is 0.206 e. The molecular formula is C13H9NOS. The molecule has 0 aliphatic heterocycles. The highest BCUT2D eigenvalue weighted by Crippen LogP contribution is 2.22. The van der Waals surface area contributed by atoms with Crippen LogP contribution in [0.2, 0.25) is 0 Å². The molecule has 0 atom stereocenters. The Morgan fingerprint density at radius 2 is 1.81 bits per heavy atom. The zero-order valence-corrected chi connectivity index (χ0v) is 9.25. The van der Waals surface area contributed by atoms with E-state index in [1.165, 1.54) is 11.3 Å². The first-order valence-electron chi connectivity index (χ1n) is 4.96. The Labute approximate surface area is 95.9 Å². The van der Waals surface area contributed by atoms with Gasteiger partial charge in [-0.15, -0.1) is 11.3 Å². The normalized spacial score (nSPS) is 11.0. The van der Waals surface area contributed by atoms with Crippen LogP contribution in [0.25, 0.3) is 20.9 Å². The quantitative estimate of drug-likeness (QED) is 0.600. The fourth-order valence-electron chi connectivity index (χ4n) is 1.92. The van der Waals surface area contributed by atoms with Crippen molar-refractivity contribution < 1.29 is 0 Å². The highest BCUT2D eigenvalue weighted by Gasteiger charge is 2.05. The summed E-state index contributed by atoms with van der Waals surface area (Å²) in [6.07, 6.45) is 0. The van der Waals surface area contributed by atoms with Crippen molar-refractivity contribution in [1.29, 1.82) is 0 Å². The average Bonchev–Trinajstić information content (AvgIpc) is 2.69. The molecule has 1 heterocycles. The molecule has 3 rings (SSSR count). The van der Waals surface area contributed by atoms with E-state index in [-0.39, 0.29) is 5.43 Å². The number of rotatable bonds is 0. The number of nitrogens with two attached hydrogens (primary N) is 1. The van der Waals surface area contributed by atoms with Gasteiger partial charge in [0, 0.05) is 5.69 Å². The number of benzene rings is 1. The van der Waals surface area contributed by atoms with Crippen molar-refractivity contribution >= 4 is 37.9 Å². The standard InChI is InChI=1S/C13H9NOS/c14-10-3-1-2-8-4-5-9-6-7-16-13(9)12(15)11(8)10/h1-7H,14H2.